The number of ether oxygens (including phenoxy) is 1. The standard InChI is InChI=1S/C14H16BrF3N4O3S/c1-4-22-12(19-20-13(22)25-3)8(2)21-26(23,24)11-6-9(14(16,17)18)5-10(15)7-11/h5-8,21H,4H2,1-3H3/t8-/m1/s1. The van der Waals surface area contributed by atoms with Crippen molar-refractivity contribution in [3.63, 3.8) is 0 Å². The van der Waals surface area contributed by atoms with Gasteiger partial charge in [-0.05, 0) is 32.0 Å². The number of alkyl halides is 3. The van der Waals surface area contributed by atoms with E-state index in [2.05, 4.69) is 30.8 Å². The molecule has 0 amide bonds. The minimum absolute atomic E-state index is 0.00116. The smallest absolute Gasteiger partial charge is 0.416 e. The summed E-state index contributed by atoms with van der Waals surface area (Å²) in [4.78, 5) is -0.513. The Labute approximate surface area is 156 Å². The second-order valence-electron chi connectivity index (χ2n) is 5.31. The third kappa shape index (κ3) is 4.35. The summed E-state index contributed by atoms with van der Waals surface area (Å²) in [6, 6.07) is 1.83. The van der Waals surface area contributed by atoms with E-state index in [0.29, 0.717) is 12.6 Å². The molecule has 1 atom stereocenters. The fourth-order valence-electron chi connectivity index (χ4n) is 2.30. The van der Waals surface area contributed by atoms with E-state index in [-0.39, 0.29) is 16.3 Å². The van der Waals surface area contributed by atoms with Crippen molar-refractivity contribution in [1.82, 2.24) is 19.5 Å². The number of nitrogens with one attached hydrogen (secondary N) is 1. The van der Waals surface area contributed by atoms with Gasteiger partial charge in [0.25, 0.3) is 0 Å². The van der Waals surface area contributed by atoms with Crippen LogP contribution in [0.5, 0.6) is 6.01 Å². The number of sulfonamides is 1. The Morgan fingerprint density at radius 2 is 1.96 bits per heavy atom. The molecule has 1 aromatic heterocycles. The predicted molar refractivity (Wildman–Crippen MR) is 90.1 cm³/mol. The van der Waals surface area contributed by atoms with Crippen LogP contribution >= 0.6 is 15.9 Å². The number of halogens is 4. The Hall–Kier alpha value is -1.66. The molecule has 0 saturated carbocycles. The summed E-state index contributed by atoms with van der Waals surface area (Å²) in [5.74, 6) is 0.277. The van der Waals surface area contributed by atoms with Crippen LogP contribution in [0.2, 0.25) is 0 Å². The molecule has 1 N–H and O–H groups in total. The normalized spacial score (nSPS) is 13.7. The Bertz CT molecular complexity index is 899. The number of hydrogen-bond acceptors (Lipinski definition) is 5. The van der Waals surface area contributed by atoms with Crippen LogP contribution in [0.3, 0.4) is 0 Å². The SMILES string of the molecule is CCn1c(OC)nnc1[C@@H](C)NS(=O)(=O)c1cc(Br)cc(C(F)(F)F)c1. The zero-order valence-electron chi connectivity index (χ0n) is 14.0. The summed E-state index contributed by atoms with van der Waals surface area (Å²) in [7, 11) is -2.84. The minimum Gasteiger partial charge on any atom is -0.467 e. The van der Waals surface area contributed by atoms with Crippen LogP contribution in [0.25, 0.3) is 0 Å². The van der Waals surface area contributed by atoms with E-state index in [0.717, 1.165) is 12.1 Å². The second kappa shape index (κ2) is 7.53. The second-order valence-corrected chi connectivity index (χ2v) is 7.94. The lowest BCUT2D eigenvalue weighted by atomic mass is 10.2. The molecule has 1 heterocycles. The molecule has 0 saturated heterocycles. The van der Waals surface area contributed by atoms with Gasteiger partial charge in [-0.3, -0.25) is 4.57 Å². The molecule has 7 nitrogen and oxygen atoms in total. The summed E-state index contributed by atoms with van der Waals surface area (Å²) in [6.07, 6.45) is -4.67. The molecule has 0 aliphatic heterocycles. The van der Waals surface area contributed by atoms with Crippen LogP contribution in [0.4, 0.5) is 13.2 Å². The lowest BCUT2D eigenvalue weighted by molar-refractivity contribution is -0.137. The van der Waals surface area contributed by atoms with Crippen molar-refractivity contribution in [2.24, 2.45) is 0 Å². The van der Waals surface area contributed by atoms with E-state index in [1.54, 1.807) is 11.5 Å². The zero-order valence-corrected chi connectivity index (χ0v) is 16.4. The molecule has 0 aliphatic carbocycles. The van der Waals surface area contributed by atoms with Gasteiger partial charge < -0.3 is 4.74 Å². The first-order valence-corrected chi connectivity index (χ1v) is 9.64. The molecule has 0 bridgehead atoms. The summed E-state index contributed by atoms with van der Waals surface area (Å²) in [6.45, 7) is 3.73. The summed E-state index contributed by atoms with van der Waals surface area (Å²) in [5.41, 5.74) is -1.07. The Morgan fingerprint density at radius 1 is 1.31 bits per heavy atom. The topological polar surface area (TPSA) is 86.1 Å². The number of methoxy groups -OCH3 is 1. The molecule has 26 heavy (non-hydrogen) atoms. The highest BCUT2D eigenvalue weighted by Gasteiger charge is 2.33. The molecule has 12 heteroatoms. The van der Waals surface area contributed by atoms with Crippen molar-refractivity contribution in [2.75, 3.05) is 7.11 Å². The molecular weight excluding hydrogens is 441 g/mol. The molecule has 0 spiro atoms. The van der Waals surface area contributed by atoms with Crippen LogP contribution in [0.1, 0.15) is 31.3 Å². The number of rotatable bonds is 6. The van der Waals surface area contributed by atoms with E-state index in [1.807, 2.05) is 0 Å². The first-order valence-electron chi connectivity index (χ1n) is 7.36. The summed E-state index contributed by atoms with van der Waals surface area (Å²) < 4.78 is 72.8. The van der Waals surface area contributed by atoms with Crippen molar-refractivity contribution in [3.8, 4) is 6.01 Å². The van der Waals surface area contributed by atoms with Gasteiger partial charge in [0.1, 0.15) is 0 Å². The average Bonchev–Trinajstić information content (AvgIpc) is 2.96. The van der Waals surface area contributed by atoms with Crippen molar-refractivity contribution < 1.29 is 26.3 Å². The molecule has 2 aromatic rings. The highest BCUT2D eigenvalue weighted by molar-refractivity contribution is 9.10. The fourth-order valence-corrected chi connectivity index (χ4v) is 4.22. The lowest BCUT2D eigenvalue weighted by Gasteiger charge is -2.16. The quantitative estimate of drug-likeness (QED) is 0.721. The van der Waals surface area contributed by atoms with Gasteiger partial charge in [0, 0.05) is 11.0 Å². The third-order valence-corrected chi connectivity index (χ3v) is 5.45. The van der Waals surface area contributed by atoms with Gasteiger partial charge in [-0.15, -0.1) is 5.10 Å². The average molecular weight is 457 g/mol. The van der Waals surface area contributed by atoms with Gasteiger partial charge in [0.15, 0.2) is 5.82 Å². The first-order chi connectivity index (χ1) is 12.0. The van der Waals surface area contributed by atoms with Crippen LogP contribution in [0, 0.1) is 0 Å². The number of hydrogen-bond donors (Lipinski definition) is 1. The van der Waals surface area contributed by atoms with E-state index < -0.39 is 32.7 Å². The zero-order chi connectivity index (χ0) is 19.7. The van der Waals surface area contributed by atoms with E-state index in [9.17, 15) is 21.6 Å². The van der Waals surface area contributed by atoms with Gasteiger partial charge >= 0.3 is 12.2 Å². The molecule has 0 unspecified atom stereocenters. The van der Waals surface area contributed by atoms with Gasteiger partial charge in [-0.1, -0.05) is 21.0 Å². The Kier molecular flexibility index (Phi) is 5.98. The van der Waals surface area contributed by atoms with E-state index in [4.69, 9.17) is 4.74 Å². The van der Waals surface area contributed by atoms with Gasteiger partial charge in [0.05, 0.1) is 23.6 Å². The van der Waals surface area contributed by atoms with Crippen LogP contribution in [-0.2, 0) is 22.7 Å². The molecule has 1 aromatic carbocycles. The third-order valence-electron chi connectivity index (χ3n) is 3.47. The van der Waals surface area contributed by atoms with Gasteiger partial charge in [-0.2, -0.15) is 13.2 Å². The van der Waals surface area contributed by atoms with Crippen LogP contribution < -0.4 is 9.46 Å². The molecule has 2 rings (SSSR count). The maximum absolute atomic E-state index is 12.9. The number of aromatic nitrogens is 3. The van der Waals surface area contributed by atoms with Crippen molar-refractivity contribution in [1.29, 1.82) is 0 Å². The predicted octanol–water partition coefficient (Wildman–Crippen LogP) is 3.13. The molecule has 0 aliphatic rings. The first kappa shape index (κ1) is 20.6. The summed E-state index contributed by atoms with van der Waals surface area (Å²) in [5, 5.41) is 7.67. The molecule has 0 fully saturated rings. The van der Waals surface area contributed by atoms with Gasteiger partial charge in [0.2, 0.25) is 10.0 Å². The highest BCUT2D eigenvalue weighted by Crippen LogP contribution is 2.33. The monoisotopic (exact) mass is 456 g/mol. The largest absolute Gasteiger partial charge is 0.467 e. The van der Waals surface area contributed by atoms with Crippen molar-refractivity contribution in [2.45, 2.75) is 37.5 Å². The van der Waals surface area contributed by atoms with Crippen LogP contribution in [-0.4, -0.2) is 30.3 Å². The molecule has 0 radical (unpaired) electrons. The number of nitrogens with zero attached hydrogens (tertiary/aromatic N) is 3. The van der Waals surface area contributed by atoms with Crippen LogP contribution in [0.15, 0.2) is 27.6 Å². The number of benzene rings is 1. The highest BCUT2D eigenvalue weighted by atomic mass is 79.9. The summed E-state index contributed by atoms with van der Waals surface area (Å²) >= 11 is 2.91. The Morgan fingerprint density at radius 3 is 2.50 bits per heavy atom. The van der Waals surface area contributed by atoms with E-state index >= 15 is 0 Å². The minimum atomic E-state index is -4.67. The van der Waals surface area contributed by atoms with E-state index in [1.165, 1.54) is 14.0 Å². The maximum Gasteiger partial charge on any atom is 0.416 e. The fraction of sp³-hybridized carbons (Fsp3) is 0.429. The van der Waals surface area contributed by atoms with Crippen molar-refractivity contribution >= 4 is 26.0 Å². The molecular formula is C14H16BrF3N4O3S. The van der Waals surface area contributed by atoms with Gasteiger partial charge in [-0.25, -0.2) is 13.1 Å². The maximum atomic E-state index is 12.9. The molecule has 144 valence electrons. The lowest BCUT2D eigenvalue weighted by Crippen LogP contribution is -2.29. The Balaban J connectivity index is 2.37. The van der Waals surface area contributed by atoms with Crippen molar-refractivity contribution in [3.05, 3.63) is 34.1 Å².